The molecule has 0 fully saturated rings. The van der Waals surface area contributed by atoms with E-state index in [9.17, 15) is 0 Å². The Morgan fingerprint density at radius 3 is 2.69 bits per heavy atom. The van der Waals surface area contributed by atoms with E-state index < -0.39 is 0 Å². The van der Waals surface area contributed by atoms with E-state index in [2.05, 4.69) is 20.4 Å². The number of aryl methyl sites for hydroxylation is 1. The number of hydrogen-bond acceptors (Lipinski definition) is 4. The third-order valence-electron chi connectivity index (χ3n) is 1.87. The molecule has 0 saturated carbocycles. The molecule has 0 aliphatic rings. The van der Waals surface area contributed by atoms with Crippen LogP contribution >= 0.6 is 0 Å². The summed E-state index contributed by atoms with van der Waals surface area (Å²) in [6, 6.07) is 3.95. The normalized spacial score (nSPS) is 10.1. The van der Waals surface area contributed by atoms with Crippen molar-refractivity contribution in [3.05, 3.63) is 17.8 Å². The van der Waals surface area contributed by atoms with Gasteiger partial charge in [0.2, 0.25) is 0 Å². The van der Waals surface area contributed by atoms with Crippen LogP contribution in [0.3, 0.4) is 0 Å². The molecule has 0 radical (unpaired) electrons. The molecule has 0 aromatic carbocycles. The maximum atomic E-state index is 4.08. The van der Waals surface area contributed by atoms with Crippen LogP contribution in [0.5, 0.6) is 0 Å². The van der Waals surface area contributed by atoms with E-state index in [1.165, 1.54) is 0 Å². The lowest BCUT2D eigenvalue weighted by Gasteiger charge is -2.16. The Bertz CT molecular complexity index is 244. The van der Waals surface area contributed by atoms with Crippen molar-refractivity contribution in [1.82, 2.24) is 15.5 Å². The third kappa shape index (κ3) is 2.99. The van der Waals surface area contributed by atoms with Crippen LogP contribution in [-0.2, 0) is 0 Å². The number of rotatable bonds is 4. The van der Waals surface area contributed by atoms with E-state index in [1.54, 1.807) is 0 Å². The summed E-state index contributed by atoms with van der Waals surface area (Å²) in [6.07, 6.45) is 0. The van der Waals surface area contributed by atoms with Crippen LogP contribution in [0.25, 0.3) is 0 Å². The predicted molar refractivity (Wildman–Crippen MR) is 54.0 cm³/mol. The fraction of sp³-hybridized carbons (Fsp3) is 0.556. The van der Waals surface area contributed by atoms with Gasteiger partial charge < -0.3 is 10.2 Å². The molecule has 4 nitrogen and oxygen atoms in total. The first-order chi connectivity index (χ1) is 6.24. The van der Waals surface area contributed by atoms with Gasteiger partial charge in [-0.2, -0.15) is 5.10 Å². The fourth-order valence-corrected chi connectivity index (χ4v) is 0.990. The number of hydrogen-bond donors (Lipinski definition) is 1. The fourth-order valence-electron chi connectivity index (χ4n) is 0.990. The lowest BCUT2D eigenvalue weighted by Crippen LogP contribution is -2.27. The van der Waals surface area contributed by atoms with Crippen molar-refractivity contribution >= 4 is 5.82 Å². The second-order valence-corrected chi connectivity index (χ2v) is 3.06. The zero-order valence-corrected chi connectivity index (χ0v) is 8.41. The van der Waals surface area contributed by atoms with Crippen molar-refractivity contribution in [2.24, 2.45) is 0 Å². The third-order valence-corrected chi connectivity index (χ3v) is 1.87. The molecule has 0 spiro atoms. The molecule has 0 unspecified atom stereocenters. The number of nitrogens with zero attached hydrogens (tertiary/aromatic N) is 3. The molecule has 4 heteroatoms. The first kappa shape index (κ1) is 9.92. The molecule has 1 aromatic rings. The average molecular weight is 180 g/mol. The monoisotopic (exact) mass is 180 g/mol. The van der Waals surface area contributed by atoms with Gasteiger partial charge in [-0.15, -0.1) is 5.10 Å². The van der Waals surface area contributed by atoms with Crippen LogP contribution in [0.2, 0.25) is 0 Å². The summed E-state index contributed by atoms with van der Waals surface area (Å²) < 4.78 is 0. The van der Waals surface area contributed by atoms with E-state index in [1.807, 2.05) is 33.2 Å². The maximum absolute atomic E-state index is 4.08. The first-order valence-electron chi connectivity index (χ1n) is 4.40. The standard InChI is InChI=1S/C9H16N4/c1-8-4-5-9(12-11-8)13(3)7-6-10-2/h4-5,10H,6-7H2,1-3H3. The van der Waals surface area contributed by atoms with Gasteiger partial charge in [0.25, 0.3) is 0 Å². The van der Waals surface area contributed by atoms with Gasteiger partial charge in [-0.1, -0.05) is 0 Å². The SMILES string of the molecule is CNCCN(C)c1ccc(C)nn1. The Kier molecular flexibility index (Phi) is 3.64. The highest BCUT2D eigenvalue weighted by molar-refractivity contribution is 5.35. The molecule has 1 rings (SSSR count). The highest BCUT2D eigenvalue weighted by Gasteiger charge is 2.00. The van der Waals surface area contributed by atoms with Crippen LogP contribution in [0.4, 0.5) is 5.82 Å². The number of aromatic nitrogens is 2. The van der Waals surface area contributed by atoms with E-state index in [0.717, 1.165) is 24.6 Å². The van der Waals surface area contributed by atoms with Gasteiger partial charge in [0.05, 0.1) is 5.69 Å². The molecule has 0 amide bonds. The molecule has 0 bridgehead atoms. The molecule has 1 N–H and O–H groups in total. The Labute approximate surface area is 79.0 Å². The zero-order chi connectivity index (χ0) is 9.68. The van der Waals surface area contributed by atoms with Gasteiger partial charge in [0.1, 0.15) is 0 Å². The van der Waals surface area contributed by atoms with E-state index in [-0.39, 0.29) is 0 Å². The molecule has 1 heterocycles. The van der Waals surface area contributed by atoms with Crippen molar-refractivity contribution in [2.75, 3.05) is 32.1 Å². The van der Waals surface area contributed by atoms with Crippen molar-refractivity contribution < 1.29 is 0 Å². The molecule has 13 heavy (non-hydrogen) atoms. The minimum Gasteiger partial charge on any atom is -0.357 e. The van der Waals surface area contributed by atoms with E-state index in [4.69, 9.17) is 0 Å². The highest BCUT2D eigenvalue weighted by atomic mass is 15.2. The Balaban J connectivity index is 2.55. The zero-order valence-electron chi connectivity index (χ0n) is 8.41. The van der Waals surface area contributed by atoms with Crippen molar-refractivity contribution in [1.29, 1.82) is 0 Å². The summed E-state index contributed by atoms with van der Waals surface area (Å²) in [5.41, 5.74) is 0.950. The van der Waals surface area contributed by atoms with Crippen LogP contribution in [0.15, 0.2) is 12.1 Å². The van der Waals surface area contributed by atoms with Gasteiger partial charge in [-0.05, 0) is 26.1 Å². The van der Waals surface area contributed by atoms with Gasteiger partial charge >= 0.3 is 0 Å². The Morgan fingerprint density at radius 1 is 1.38 bits per heavy atom. The van der Waals surface area contributed by atoms with E-state index in [0.29, 0.717) is 0 Å². The lowest BCUT2D eigenvalue weighted by atomic mass is 10.4. The number of anilines is 1. The van der Waals surface area contributed by atoms with Crippen LogP contribution < -0.4 is 10.2 Å². The summed E-state index contributed by atoms with van der Waals surface area (Å²) >= 11 is 0. The van der Waals surface area contributed by atoms with Gasteiger partial charge in [0.15, 0.2) is 5.82 Å². The molecule has 72 valence electrons. The second-order valence-electron chi connectivity index (χ2n) is 3.06. The second kappa shape index (κ2) is 4.77. The largest absolute Gasteiger partial charge is 0.357 e. The van der Waals surface area contributed by atoms with Crippen LogP contribution in [0, 0.1) is 6.92 Å². The summed E-state index contributed by atoms with van der Waals surface area (Å²) in [5.74, 6) is 0.917. The van der Waals surface area contributed by atoms with Crippen molar-refractivity contribution in [3.8, 4) is 0 Å². The number of likely N-dealkylation sites (N-methyl/N-ethyl adjacent to an activating group) is 2. The van der Waals surface area contributed by atoms with Crippen molar-refractivity contribution in [2.45, 2.75) is 6.92 Å². The molecule has 0 aliphatic heterocycles. The molecular formula is C9H16N4. The van der Waals surface area contributed by atoms with Gasteiger partial charge in [-0.3, -0.25) is 0 Å². The number of nitrogens with one attached hydrogen (secondary N) is 1. The highest BCUT2D eigenvalue weighted by Crippen LogP contribution is 2.05. The molecule has 0 saturated heterocycles. The van der Waals surface area contributed by atoms with Gasteiger partial charge in [0, 0.05) is 20.1 Å². The van der Waals surface area contributed by atoms with Crippen LogP contribution in [-0.4, -0.2) is 37.4 Å². The maximum Gasteiger partial charge on any atom is 0.151 e. The Morgan fingerprint density at radius 2 is 2.15 bits per heavy atom. The average Bonchev–Trinajstić information content (AvgIpc) is 2.15. The van der Waals surface area contributed by atoms with Crippen molar-refractivity contribution in [3.63, 3.8) is 0 Å². The predicted octanol–water partition coefficient (Wildman–Crippen LogP) is 0.441. The summed E-state index contributed by atoms with van der Waals surface area (Å²) in [5, 5.41) is 11.2. The first-order valence-corrected chi connectivity index (χ1v) is 4.40. The quantitative estimate of drug-likeness (QED) is 0.730. The summed E-state index contributed by atoms with van der Waals surface area (Å²) in [6.45, 7) is 3.82. The van der Waals surface area contributed by atoms with E-state index >= 15 is 0 Å². The smallest absolute Gasteiger partial charge is 0.151 e. The van der Waals surface area contributed by atoms with Crippen LogP contribution in [0.1, 0.15) is 5.69 Å². The summed E-state index contributed by atoms with van der Waals surface area (Å²) in [7, 11) is 3.95. The molecular weight excluding hydrogens is 164 g/mol. The Hall–Kier alpha value is -1.16. The summed E-state index contributed by atoms with van der Waals surface area (Å²) in [4.78, 5) is 2.07. The minimum absolute atomic E-state index is 0.917. The molecule has 0 atom stereocenters. The van der Waals surface area contributed by atoms with Gasteiger partial charge in [-0.25, -0.2) is 0 Å². The minimum atomic E-state index is 0.917. The molecule has 0 aliphatic carbocycles. The topological polar surface area (TPSA) is 41.0 Å². The molecule has 1 aromatic heterocycles. The lowest BCUT2D eigenvalue weighted by molar-refractivity contribution is 0.754.